The Labute approximate surface area is 159 Å². The van der Waals surface area contributed by atoms with Crippen molar-refractivity contribution in [2.45, 2.75) is 101 Å². The lowest BCUT2D eigenvalue weighted by Gasteiger charge is -2.20. The van der Waals surface area contributed by atoms with E-state index in [1.807, 2.05) is 6.08 Å². The monoisotopic (exact) mass is 372 g/mol. The molecular weight excluding hydrogens is 332 g/mol. The van der Waals surface area contributed by atoms with E-state index in [0.29, 0.717) is 6.61 Å². The summed E-state index contributed by atoms with van der Waals surface area (Å²) in [6.45, 7) is 4.22. The summed E-state index contributed by atoms with van der Waals surface area (Å²) in [6, 6.07) is 0. The number of aliphatic hydroxyl groups excluding tert-OH is 3. The Hall–Kier alpha value is -0.460. The molecule has 1 fully saturated rings. The van der Waals surface area contributed by atoms with Crippen LogP contribution in [0.4, 0.5) is 0 Å². The van der Waals surface area contributed by atoms with E-state index >= 15 is 0 Å². The Balaban J connectivity index is 1.85. The molecule has 0 aromatic carbocycles. The van der Waals surface area contributed by atoms with E-state index < -0.39 is 31.0 Å². The van der Waals surface area contributed by atoms with Gasteiger partial charge in [-0.05, 0) is 19.3 Å². The fourth-order valence-electron chi connectivity index (χ4n) is 3.42. The minimum atomic E-state index is -1.05. The lowest BCUT2D eigenvalue weighted by Crippen LogP contribution is -2.41. The molecule has 0 saturated carbocycles. The quantitative estimate of drug-likeness (QED) is 0.269. The number of hydrogen-bond acceptors (Lipinski definition) is 5. The van der Waals surface area contributed by atoms with Crippen LogP contribution in [-0.4, -0.2) is 59.6 Å². The van der Waals surface area contributed by atoms with Gasteiger partial charge >= 0.3 is 0 Å². The van der Waals surface area contributed by atoms with Gasteiger partial charge in [0.2, 0.25) is 0 Å². The van der Waals surface area contributed by atoms with Crippen LogP contribution < -0.4 is 0 Å². The van der Waals surface area contributed by atoms with Gasteiger partial charge in [-0.25, -0.2) is 0 Å². The number of rotatable bonds is 17. The average molecular weight is 373 g/mol. The third-order valence-electron chi connectivity index (χ3n) is 5.12. The van der Waals surface area contributed by atoms with Gasteiger partial charge in [0.05, 0.1) is 13.2 Å². The molecule has 4 atom stereocenters. The number of ether oxygens (including phenoxy) is 2. The van der Waals surface area contributed by atoms with Gasteiger partial charge in [-0.3, -0.25) is 0 Å². The molecule has 26 heavy (non-hydrogen) atoms. The molecule has 0 aliphatic carbocycles. The third kappa shape index (κ3) is 10.0. The Kier molecular flexibility index (Phi) is 14.1. The Morgan fingerprint density at radius 3 is 2.04 bits per heavy atom. The van der Waals surface area contributed by atoms with Gasteiger partial charge in [-0.1, -0.05) is 63.9 Å². The lowest BCUT2D eigenvalue weighted by molar-refractivity contribution is -0.0730. The van der Waals surface area contributed by atoms with Gasteiger partial charge in [0.15, 0.2) is 0 Å². The summed E-state index contributed by atoms with van der Waals surface area (Å²) in [7, 11) is 0. The maximum Gasteiger partial charge on any atom is 0.114 e. The van der Waals surface area contributed by atoms with Crippen molar-refractivity contribution in [2.24, 2.45) is 0 Å². The smallest absolute Gasteiger partial charge is 0.114 e. The number of allylic oxidation sites excluding steroid dienone is 1. The van der Waals surface area contributed by atoms with Crippen LogP contribution in [0.25, 0.3) is 0 Å². The van der Waals surface area contributed by atoms with E-state index in [1.165, 1.54) is 57.8 Å². The van der Waals surface area contributed by atoms with Crippen LogP contribution in [0.1, 0.15) is 77.0 Å². The minimum absolute atomic E-state index is 0.274. The van der Waals surface area contributed by atoms with Crippen molar-refractivity contribution in [1.29, 1.82) is 0 Å². The zero-order chi connectivity index (χ0) is 19.0. The Morgan fingerprint density at radius 1 is 0.962 bits per heavy atom. The minimum Gasteiger partial charge on any atom is -0.394 e. The largest absolute Gasteiger partial charge is 0.394 e. The second-order valence-corrected chi connectivity index (χ2v) is 7.41. The highest BCUT2D eigenvalue weighted by atomic mass is 16.6. The summed E-state index contributed by atoms with van der Waals surface area (Å²) >= 11 is 0. The second kappa shape index (κ2) is 15.6. The van der Waals surface area contributed by atoms with Crippen molar-refractivity contribution in [3.05, 3.63) is 12.7 Å². The number of aliphatic hydroxyl groups is 3. The molecule has 1 aliphatic heterocycles. The molecule has 0 amide bonds. The van der Waals surface area contributed by atoms with E-state index in [-0.39, 0.29) is 6.61 Å². The molecular formula is C21H40O5. The molecule has 1 aliphatic rings. The van der Waals surface area contributed by atoms with E-state index in [9.17, 15) is 10.2 Å². The molecule has 1 saturated heterocycles. The molecule has 5 nitrogen and oxygen atoms in total. The topological polar surface area (TPSA) is 79.2 Å². The SMILES string of the molecule is C=CCCCCCCCCCCCCCO[C@H]1CO[C@@H]([C@H](O)CO)[C@H]1O. The van der Waals surface area contributed by atoms with Crippen molar-refractivity contribution in [3.8, 4) is 0 Å². The lowest BCUT2D eigenvalue weighted by atomic mass is 10.1. The molecule has 0 radical (unpaired) electrons. The molecule has 1 rings (SSSR count). The van der Waals surface area contributed by atoms with Gasteiger partial charge in [0.25, 0.3) is 0 Å². The molecule has 0 spiro atoms. The first-order valence-corrected chi connectivity index (χ1v) is 10.5. The van der Waals surface area contributed by atoms with E-state index in [1.54, 1.807) is 0 Å². The van der Waals surface area contributed by atoms with Crippen LogP contribution in [0.15, 0.2) is 12.7 Å². The molecule has 1 heterocycles. The number of unbranched alkanes of at least 4 members (excludes halogenated alkanes) is 11. The van der Waals surface area contributed by atoms with Gasteiger partial charge < -0.3 is 24.8 Å². The summed E-state index contributed by atoms with van der Waals surface area (Å²) < 4.78 is 11.0. The first kappa shape index (κ1) is 23.6. The standard InChI is InChI=1S/C21H40O5/c1-2-3-4-5-6-7-8-9-10-11-12-13-14-15-25-19-17-26-21(20(19)24)18(23)16-22/h2,18-24H,1,3-17H2/t18-,19+,20+,21+/m1/s1. The molecule has 0 unspecified atom stereocenters. The first-order chi connectivity index (χ1) is 12.7. The predicted octanol–water partition coefficient (Wildman–Crippen LogP) is 3.35. The fraction of sp³-hybridized carbons (Fsp3) is 0.905. The van der Waals surface area contributed by atoms with Gasteiger partial charge in [0.1, 0.15) is 24.4 Å². The van der Waals surface area contributed by atoms with Crippen LogP contribution in [0, 0.1) is 0 Å². The van der Waals surface area contributed by atoms with Gasteiger partial charge in [0, 0.05) is 6.61 Å². The zero-order valence-electron chi connectivity index (χ0n) is 16.4. The summed E-state index contributed by atoms with van der Waals surface area (Å²) in [4.78, 5) is 0. The molecule has 0 aromatic rings. The van der Waals surface area contributed by atoms with Gasteiger partial charge in [-0.2, -0.15) is 0 Å². The molecule has 5 heteroatoms. The predicted molar refractivity (Wildman–Crippen MR) is 104 cm³/mol. The van der Waals surface area contributed by atoms with Crippen LogP contribution in [-0.2, 0) is 9.47 Å². The second-order valence-electron chi connectivity index (χ2n) is 7.41. The summed E-state index contributed by atoms with van der Waals surface area (Å²) in [5.74, 6) is 0. The van der Waals surface area contributed by atoms with Crippen LogP contribution >= 0.6 is 0 Å². The first-order valence-electron chi connectivity index (χ1n) is 10.5. The van der Waals surface area contributed by atoms with Crippen LogP contribution in [0.2, 0.25) is 0 Å². The van der Waals surface area contributed by atoms with Crippen LogP contribution in [0.3, 0.4) is 0 Å². The van der Waals surface area contributed by atoms with Crippen LogP contribution in [0.5, 0.6) is 0 Å². The normalized spacial score (nSPS) is 24.0. The van der Waals surface area contributed by atoms with Crippen molar-refractivity contribution in [3.63, 3.8) is 0 Å². The highest BCUT2D eigenvalue weighted by molar-refractivity contribution is 4.88. The van der Waals surface area contributed by atoms with E-state index in [2.05, 4.69) is 6.58 Å². The number of hydrogen-bond donors (Lipinski definition) is 3. The highest BCUT2D eigenvalue weighted by Gasteiger charge is 2.40. The molecule has 154 valence electrons. The Bertz CT molecular complexity index is 336. The molecule has 0 bridgehead atoms. The Morgan fingerprint density at radius 2 is 1.50 bits per heavy atom. The third-order valence-corrected chi connectivity index (χ3v) is 5.12. The van der Waals surface area contributed by atoms with E-state index in [0.717, 1.165) is 19.3 Å². The average Bonchev–Trinajstić information content (AvgIpc) is 3.02. The molecule has 0 aromatic heterocycles. The maximum absolute atomic E-state index is 10.0. The van der Waals surface area contributed by atoms with Crippen molar-refractivity contribution in [1.82, 2.24) is 0 Å². The zero-order valence-corrected chi connectivity index (χ0v) is 16.4. The molecule has 3 N–H and O–H groups in total. The summed E-state index contributed by atoms with van der Waals surface area (Å²) in [5, 5.41) is 28.5. The van der Waals surface area contributed by atoms with Crippen molar-refractivity contribution < 1.29 is 24.8 Å². The maximum atomic E-state index is 10.0. The van der Waals surface area contributed by atoms with E-state index in [4.69, 9.17) is 14.6 Å². The fourth-order valence-corrected chi connectivity index (χ4v) is 3.42. The highest BCUT2D eigenvalue weighted by Crippen LogP contribution is 2.20. The van der Waals surface area contributed by atoms with Crippen molar-refractivity contribution >= 4 is 0 Å². The van der Waals surface area contributed by atoms with Gasteiger partial charge in [-0.15, -0.1) is 6.58 Å². The van der Waals surface area contributed by atoms with Crippen molar-refractivity contribution in [2.75, 3.05) is 19.8 Å². The summed E-state index contributed by atoms with van der Waals surface area (Å²) in [6.07, 6.45) is 14.1. The summed E-state index contributed by atoms with van der Waals surface area (Å²) in [5.41, 5.74) is 0.